The predicted molar refractivity (Wildman–Crippen MR) is 132 cm³/mol. The summed E-state index contributed by atoms with van der Waals surface area (Å²) >= 11 is 0. The van der Waals surface area contributed by atoms with E-state index in [1.165, 1.54) is 6.07 Å². The van der Waals surface area contributed by atoms with Crippen LogP contribution in [0, 0.1) is 29.6 Å². The molecule has 7 heteroatoms. The molecule has 1 aromatic heterocycles. The summed E-state index contributed by atoms with van der Waals surface area (Å²) in [6.45, 7) is 2.16. The van der Waals surface area contributed by atoms with E-state index in [2.05, 4.69) is 11.9 Å². The number of rotatable bonds is 6. The molecule has 2 unspecified atom stereocenters. The summed E-state index contributed by atoms with van der Waals surface area (Å²) in [5.41, 5.74) is 0.402. The number of aliphatic carboxylic acids is 1. The predicted octanol–water partition coefficient (Wildman–Crippen LogP) is 7.67. The highest BCUT2D eigenvalue weighted by molar-refractivity contribution is 5.85. The van der Waals surface area contributed by atoms with Crippen LogP contribution < -0.4 is 4.74 Å². The standard InChI is InChI=1S/C29H36F3NO3/c1-2-17-6-9-22(10-7-17)36-26-13-12-25-23(27(26)29(30,31)32)11-8-21(33-25)16-24-18-4-3-5-19(24)15-20(14-18)28(34)35/h8,11-13,17-20,22,24H,2-7,9-10,14-16H2,1H3,(H,34,35). The second kappa shape index (κ2) is 10.2. The second-order valence-electron chi connectivity index (χ2n) is 11.3. The average molecular weight is 504 g/mol. The van der Waals surface area contributed by atoms with Crippen molar-refractivity contribution in [1.82, 2.24) is 4.98 Å². The molecule has 36 heavy (non-hydrogen) atoms. The lowest BCUT2D eigenvalue weighted by molar-refractivity contribution is -0.145. The highest BCUT2D eigenvalue weighted by atomic mass is 19.4. The van der Waals surface area contributed by atoms with Crippen LogP contribution in [0.4, 0.5) is 13.2 Å². The minimum atomic E-state index is -4.54. The highest BCUT2D eigenvalue weighted by Crippen LogP contribution is 2.48. The summed E-state index contributed by atoms with van der Waals surface area (Å²) < 4.78 is 48.6. The topological polar surface area (TPSA) is 59.4 Å². The molecule has 0 saturated heterocycles. The van der Waals surface area contributed by atoms with E-state index in [1.54, 1.807) is 18.2 Å². The highest BCUT2D eigenvalue weighted by Gasteiger charge is 2.42. The molecule has 0 aliphatic heterocycles. The number of benzene rings is 1. The Morgan fingerprint density at radius 3 is 2.33 bits per heavy atom. The molecule has 0 spiro atoms. The number of halogens is 3. The summed E-state index contributed by atoms with van der Waals surface area (Å²) in [5.74, 6) is 0.621. The Kier molecular flexibility index (Phi) is 7.19. The Morgan fingerprint density at radius 1 is 1.03 bits per heavy atom. The molecule has 1 N–H and O–H groups in total. The quantitative estimate of drug-likeness (QED) is 0.439. The van der Waals surface area contributed by atoms with Crippen LogP contribution in [0.3, 0.4) is 0 Å². The lowest BCUT2D eigenvalue weighted by atomic mass is 9.60. The van der Waals surface area contributed by atoms with Crippen LogP contribution in [0.2, 0.25) is 0 Å². The number of carboxylic acid groups (broad SMARTS) is 1. The van der Waals surface area contributed by atoms with Crippen molar-refractivity contribution in [3.05, 3.63) is 35.5 Å². The molecule has 2 atom stereocenters. The van der Waals surface area contributed by atoms with Crippen molar-refractivity contribution in [3.63, 3.8) is 0 Å². The molecule has 2 bridgehead atoms. The maximum Gasteiger partial charge on any atom is 0.420 e. The summed E-state index contributed by atoms with van der Waals surface area (Å²) in [5, 5.41) is 9.60. The lowest BCUT2D eigenvalue weighted by Gasteiger charge is -2.45. The van der Waals surface area contributed by atoms with Gasteiger partial charge in [-0.25, -0.2) is 0 Å². The number of ether oxygens (including phenoxy) is 1. The Balaban J connectivity index is 1.38. The summed E-state index contributed by atoms with van der Waals surface area (Å²) in [4.78, 5) is 16.2. The minimum Gasteiger partial charge on any atom is -0.490 e. The van der Waals surface area contributed by atoms with Gasteiger partial charge in [-0.2, -0.15) is 13.2 Å². The van der Waals surface area contributed by atoms with Crippen LogP contribution in [0.1, 0.15) is 82.4 Å². The molecule has 1 aromatic carbocycles. The maximum atomic E-state index is 14.2. The first kappa shape index (κ1) is 25.3. The second-order valence-corrected chi connectivity index (χ2v) is 11.3. The third-order valence-corrected chi connectivity index (χ3v) is 9.17. The number of aromatic nitrogens is 1. The molecule has 196 valence electrons. The first-order chi connectivity index (χ1) is 17.2. The van der Waals surface area contributed by atoms with Crippen molar-refractivity contribution < 1.29 is 27.8 Å². The van der Waals surface area contributed by atoms with E-state index >= 15 is 0 Å². The van der Waals surface area contributed by atoms with Gasteiger partial charge in [0.15, 0.2) is 0 Å². The molecule has 3 fully saturated rings. The smallest absolute Gasteiger partial charge is 0.420 e. The molecule has 2 aromatic rings. The van der Waals surface area contributed by atoms with Crippen molar-refractivity contribution in [3.8, 4) is 5.75 Å². The molecular formula is C29H36F3NO3. The van der Waals surface area contributed by atoms with Crippen LogP contribution in [0.5, 0.6) is 5.75 Å². The van der Waals surface area contributed by atoms with E-state index in [0.717, 1.165) is 57.1 Å². The molecule has 0 radical (unpaired) electrons. The van der Waals surface area contributed by atoms with E-state index in [-0.39, 0.29) is 23.2 Å². The van der Waals surface area contributed by atoms with Gasteiger partial charge >= 0.3 is 12.1 Å². The van der Waals surface area contributed by atoms with Gasteiger partial charge in [0.1, 0.15) is 11.3 Å². The number of fused-ring (bicyclic) bond motifs is 3. The number of nitrogens with zero attached hydrogens (tertiary/aromatic N) is 1. The Bertz CT molecular complexity index is 1080. The molecule has 4 nitrogen and oxygen atoms in total. The van der Waals surface area contributed by atoms with Gasteiger partial charge < -0.3 is 9.84 Å². The van der Waals surface area contributed by atoms with E-state index in [4.69, 9.17) is 4.74 Å². The maximum absolute atomic E-state index is 14.2. The fraction of sp³-hybridized carbons (Fsp3) is 0.655. The molecule has 5 rings (SSSR count). The van der Waals surface area contributed by atoms with Crippen LogP contribution >= 0.6 is 0 Å². The largest absolute Gasteiger partial charge is 0.490 e. The monoisotopic (exact) mass is 503 g/mol. The summed E-state index contributed by atoms with van der Waals surface area (Å²) in [6, 6.07) is 6.39. The zero-order chi connectivity index (χ0) is 25.4. The van der Waals surface area contributed by atoms with Crippen LogP contribution in [0.25, 0.3) is 10.9 Å². The van der Waals surface area contributed by atoms with Gasteiger partial charge in [0.2, 0.25) is 0 Å². The molecule has 3 saturated carbocycles. The number of pyridine rings is 1. The van der Waals surface area contributed by atoms with E-state index < -0.39 is 17.7 Å². The number of carbonyl (C=O) groups is 1. The van der Waals surface area contributed by atoms with Gasteiger partial charge in [0, 0.05) is 11.1 Å². The van der Waals surface area contributed by atoms with Gasteiger partial charge in [-0.1, -0.05) is 38.7 Å². The van der Waals surface area contributed by atoms with E-state index in [0.29, 0.717) is 48.5 Å². The number of hydrogen-bond acceptors (Lipinski definition) is 3. The van der Waals surface area contributed by atoms with Crippen LogP contribution in [0.15, 0.2) is 24.3 Å². The Labute approximate surface area is 210 Å². The van der Waals surface area contributed by atoms with Crippen LogP contribution in [-0.4, -0.2) is 22.2 Å². The summed E-state index contributed by atoms with van der Waals surface area (Å²) in [6.07, 6.45) is 5.22. The molecule has 0 amide bonds. The van der Waals surface area contributed by atoms with E-state index in [1.807, 2.05) is 0 Å². The summed E-state index contributed by atoms with van der Waals surface area (Å²) in [7, 11) is 0. The van der Waals surface area contributed by atoms with Gasteiger partial charge in [-0.05, 0) is 86.8 Å². The first-order valence-corrected chi connectivity index (χ1v) is 13.6. The lowest BCUT2D eigenvalue weighted by Crippen LogP contribution is -2.39. The fourth-order valence-electron chi connectivity index (χ4n) is 7.21. The zero-order valence-electron chi connectivity index (χ0n) is 20.9. The number of hydrogen-bond donors (Lipinski definition) is 1. The van der Waals surface area contributed by atoms with Crippen LogP contribution in [-0.2, 0) is 17.4 Å². The third-order valence-electron chi connectivity index (χ3n) is 9.17. The normalized spacial score (nSPS) is 30.8. The average Bonchev–Trinajstić information content (AvgIpc) is 2.83. The van der Waals surface area contributed by atoms with Gasteiger partial charge in [-0.3, -0.25) is 9.78 Å². The molecular weight excluding hydrogens is 467 g/mol. The molecule has 1 heterocycles. The van der Waals surface area contributed by atoms with Crippen molar-refractivity contribution in [2.45, 2.75) is 89.8 Å². The van der Waals surface area contributed by atoms with Crippen molar-refractivity contribution in [2.24, 2.45) is 29.6 Å². The van der Waals surface area contributed by atoms with Gasteiger partial charge in [0.05, 0.1) is 17.5 Å². The Morgan fingerprint density at radius 2 is 1.72 bits per heavy atom. The fourth-order valence-corrected chi connectivity index (χ4v) is 7.21. The van der Waals surface area contributed by atoms with E-state index in [9.17, 15) is 23.1 Å². The molecule has 3 aliphatic carbocycles. The van der Waals surface area contributed by atoms with Crippen molar-refractivity contribution >= 4 is 16.9 Å². The SMILES string of the molecule is CCC1CCC(Oc2ccc3nc(CC4C5CCCC4CC(C(=O)O)C5)ccc3c2C(F)(F)F)CC1. The van der Waals surface area contributed by atoms with Crippen molar-refractivity contribution in [1.29, 1.82) is 0 Å². The first-order valence-electron chi connectivity index (χ1n) is 13.6. The minimum absolute atomic E-state index is 0.0840. The van der Waals surface area contributed by atoms with Crippen molar-refractivity contribution in [2.75, 3.05) is 0 Å². The number of carboxylic acids is 1. The third kappa shape index (κ3) is 5.21. The van der Waals surface area contributed by atoms with Gasteiger partial charge in [0.25, 0.3) is 0 Å². The zero-order valence-corrected chi connectivity index (χ0v) is 20.9. The Hall–Kier alpha value is -2.31. The molecule has 3 aliphatic rings. The number of alkyl halides is 3. The van der Waals surface area contributed by atoms with Gasteiger partial charge in [-0.15, -0.1) is 0 Å².